The summed E-state index contributed by atoms with van der Waals surface area (Å²) in [4.78, 5) is 4.96. The molecule has 6 heteroatoms. The van der Waals surface area contributed by atoms with Crippen LogP contribution in [0.2, 0.25) is 0 Å². The van der Waals surface area contributed by atoms with Gasteiger partial charge in [-0.1, -0.05) is 158 Å². The molecule has 1 aliphatic rings. The molecular weight excluding hydrogens is 915 g/mol. The summed E-state index contributed by atoms with van der Waals surface area (Å²) in [5, 5.41) is 5.19. The molecule has 0 saturated heterocycles. The van der Waals surface area contributed by atoms with Crippen molar-refractivity contribution in [2.75, 3.05) is 9.80 Å². The Morgan fingerprint density at radius 3 is 1.00 bits per heavy atom. The molecule has 0 heterocycles. The van der Waals surface area contributed by atoms with Crippen molar-refractivity contribution in [1.29, 1.82) is 0 Å². The van der Waals surface area contributed by atoms with Gasteiger partial charge < -0.3 is 9.80 Å². The summed E-state index contributed by atoms with van der Waals surface area (Å²) in [6.45, 7) is 6.50. The van der Waals surface area contributed by atoms with Crippen LogP contribution in [-0.4, -0.2) is 6.88 Å². The molecule has 0 bridgehead atoms. The zero-order chi connectivity index (χ0) is 42.9. The van der Waals surface area contributed by atoms with E-state index in [0.717, 1.165) is 32.6 Å². The van der Waals surface area contributed by atoms with E-state index in [1.807, 2.05) is 72.8 Å². The first-order valence-electron chi connectivity index (χ1n) is 20.9. The maximum absolute atomic E-state index is 3.06. The van der Waals surface area contributed by atoms with Crippen LogP contribution in [0, 0.1) is 18.2 Å². The molecule has 0 aromatic heterocycles. The van der Waals surface area contributed by atoms with Crippen LogP contribution in [0.1, 0.15) is 28.7 Å². The van der Waals surface area contributed by atoms with Gasteiger partial charge in [-0.05, 0) is 22.3 Å². The third kappa shape index (κ3) is 16.8. The van der Waals surface area contributed by atoms with E-state index >= 15 is 0 Å². The van der Waals surface area contributed by atoms with Gasteiger partial charge in [0.25, 0.3) is 0 Å². The SMILES string of the molecule is Cl.Cl.[C-]1=CC=CC1.[Si]=[Zr].[c-]1ccccc1.[c-]1ccccc1.c1ccc(CN(Cc2ccccc2)c2ccc3c(c2)[cH-]c2cc(N(Cc4ccccc4)Cc4ccccc4)ccc23)cc1. The van der Waals surface area contributed by atoms with Crippen LogP contribution < -0.4 is 9.80 Å². The normalized spacial score (nSPS) is 10.4. The van der Waals surface area contributed by atoms with E-state index in [4.69, 9.17) is 0 Å². The largest absolute Gasteiger partial charge is 0.369 e. The van der Waals surface area contributed by atoms with Crippen molar-refractivity contribution >= 4 is 64.6 Å². The van der Waals surface area contributed by atoms with Gasteiger partial charge in [0, 0.05) is 37.6 Å². The Morgan fingerprint density at radius 1 is 0.438 bits per heavy atom. The van der Waals surface area contributed by atoms with Crippen molar-refractivity contribution in [3.63, 3.8) is 0 Å². The quantitative estimate of drug-likeness (QED) is 0.0995. The van der Waals surface area contributed by atoms with Crippen molar-refractivity contribution in [3.8, 4) is 0 Å². The summed E-state index contributed by atoms with van der Waals surface area (Å²) in [7, 11) is 0. The van der Waals surface area contributed by atoms with Crippen LogP contribution in [0.15, 0.2) is 243 Å². The summed E-state index contributed by atoms with van der Waals surface area (Å²) in [5.74, 6) is 0. The number of rotatable bonds is 10. The van der Waals surface area contributed by atoms with Gasteiger partial charge in [-0.2, -0.15) is 78.9 Å². The second-order valence-corrected chi connectivity index (χ2v) is 14.5. The Labute approximate surface area is 410 Å². The van der Waals surface area contributed by atoms with Gasteiger partial charge in [-0.25, -0.2) is 12.2 Å². The van der Waals surface area contributed by atoms with Crippen molar-refractivity contribution in [1.82, 2.24) is 0 Å². The molecule has 0 atom stereocenters. The number of halogens is 2. The molecule has 2 nitrogen and oxygen atoms in total. The molecule has 1 aliphatic carbocycles. The molecule has 0 spiro atoms. The molecule has 0 saturated carbocycles. The minimum atomic E-state index is 0. The number of benzene rings is 8. The van der Waals surface area contributed by atoms with Gasteiger partial charge in [0.2, 0.25) is 0 Å². The van der Waals surface area contributed by atoms with Crippen molar-refractivity contribution in [2.45, 2.75) is 32.6 Å². The number of hydrogen-bond donors (Lipinski definition) is 0. The summed E-state index contributed by atoms with van der Waals surface area (Å²) in [6, 6.07) is 84.3. The molecule has 0 unspecified atom stereocenters. The first-order valence-corrected chi connectivity index (χ1v) is 25.0. The minimum Gasteiger partial charge on any atom is -0.369 e. The fourth-order valence-corrected chi connectivity index (χ4v) is 7.11. The molecule has 0 aliphatic heterocycles. The summed E-state index contributed by atoms with van der Waals surface area (Å²) in [6.07, 6.45) is 10.0. The summed E-state index contributed by atoms with van der Waals surface area (Å²) >= 11 is 1.36. The van der Waals surface area contributed by atoms with Crippen molar-refractivity contribution < 1.29 is 23.3 Å². The molecule has 9 aromatic carbocycles. The van der Waals surface area contributed by atoms with Crippen LogP contribution >= 0.6 is 24.8 Å². The van der Waals surface area contributed by atoms with Gasteiger partial charge in [0.1, 0.15) is 0 Å². The molecule has 10 rings (SSSR count). The standard InChI is InChI=1S/C41H35N2.2C6H5.C5H5.2ClH.Si.Zr/c1-5-13-32(14-6-1)28-42(29-33-15-7-2-8-16-33)38-21-23-40-36(26-38)25-37-27-39(22-24-41(37)40)43(30-34-17-9-3-10-18-34)31-35-19-11-4-12-20-35;2*1-2-4-6-5-3-1;1-2-4-5-3-1;;;;/h1-27H,28-31H2;2*1-5H;1-3H,4H2;2*1H;;/q4*-1;;;;. The Balaban J connectivity index is 0.000000354. The number of hydrogen-bond acceptors (Lipinski definition) is 2. The van der Waals surface area contributed by atoms with Gasteiger partial charge in [0.15, 0.2) is 0 Å². The average molecular weight is 967 g/mol. The summed E-state index contributed by atoms with van der Waals surface area (Å²) in [5.41, 5.74) is 7.73. The Kier molecular flexibility index (Phi) is 23.7. The maximum atomic E-state index is 3.06. The number of nitrogens with zero attached hydrogens (tertiary/aromatic N) is 2. The predicted molar refractivity (Wildman–Crippen MR) is 275 cm³/mol. The van der Waals surface area contributed by atoms with Crippen LogP contribution in [0.3, 0.4) is 0 Å². The maximum Gasteiger partial charge on any atom is 0.0427 e. The molecule has 0 amide bonds. The molecule has 0 N–H and O–H groups in total. The zero-order valence-corrected chi connectivity index (χ0v) is 40.9. The number of anilines is 2. The fraction of sp³-hybridized carbons (Fsp3) is 0.0862. The first kappa shape index (κ1) is 51.0. The molecule has 2 radical (unpaired) electrons. The number of fused-ring (bicyclic) bond motifs is 3. The Hall–Kier alpha value is -5.61. The van der Waals surface area contributed by atoms with E-state index in [0.29, 0.717) is 0 Å². The second kappa shape index (κ2) is 29.7. The first-order chi connectivity index (χ1) is 30.8. The monoisotopic (exact) mass is 964 g/mol. The van der Waals surface area contributed by atoms with E-state index in [2.05, 4.69) is 205 Å². The van der Waals surface area contributed by atoms with E-state index in [1.54, 1.807) is 0 Å². The van der Waals surface area contributed by atoms with Gasteiger partial charge >= 0.3 is 30.2 Å². The Morgan fingerprint density at radius 2 is 0.766 bits per heavy atom. The molecule has 9 aromatic rings. The predicted octanol–water partition coefficient (Wildman–Crippen LogP) is 14.9. The third-order valence-corrected chi connectivity index (χ3v) is 10.1. The van der Waals surface area contributed by atoms with Crippen LogP contribution in [-0.2, 0) is 49.5 Å². The third-order valence-electron chi connectivity index (χ3n) is 10.1. The topological polar surface area (TPSA) is 6.48 Å². The van der Waals surface area contributed by atoms with E-state index in [1.165, 1.54) is 78.5 Å². The zero-order valence-electron chi connectivity index (χ0n) is 35.8. The molecular formula is C58H52Cl2N2SiZr-4. The Bertz CT molecular complexity index is 2320. The number of allylic oxidation sites excluding steroid dienone is 4. The molecule has 64 heavy (non-hydrogen) atoms. The molecule has 0 fully saturated rings. The van der Waals surface area contributed by atoms with Crippen LogP contribution in [0.4, 0.5) is 11.4 Å². The van der Waals surface area contributed by atoms with E-state index < -0.39 is 0 Å². The van der Waals surface area contributed by atoms with Gasteiger partial charge in [-0.3, -0.25) is 6.08 Å². The van der Waals surface area contributed by atoms with Gasteiger partial charge in [-0.15, -0.1) is 58.8 Å². The smallest absolute Gasteiger partial charge is 0.0427 e. The van der Waals surface area contributed by atoms with Gasteiger partial charge in [0.05, 0.1) is 0 Å². The molecule has 320 valence electrons. The van der Waals surface area contributed by atoms with Crippen LogP contribution in [0.5, 0.6) is 0 Å². The fourth-order valence-electron chi connectivity index (χ4n) is 7.11. The average Bonchev–Trinajstić information content (AvgIpc) is 4.07. The van der Waals surface area contributed by atoms with Crippen LogP contribution in [0.25, 0.3) is 21.5 Å². The van der Waals surface area contributed by atoms with Crippen molar-refractivity contribution in [3.05, 3.63) is 283 Å². The van der Waals surface area contributed by atoms with E-state index in [9.17, 15) is 0 Å². The van der Waals surface area contributed by atoms with Crippen molar-refractivity contribution in [2.24, 2.45) is 0 Å². The summed E-state index contributed by atoms with van der Waals surface area (Å²) < 4.78 is 0. The minimum absolute atomic E-state index is 0. The van der Waals surface area contributed by atoms with E-state index in [-0.39, 0.29) is 24.8 Å². The second-order valence-electron chi connectivity index (χ2n) is 14.5.